The van der Waals surface area contributed by atoms with Crippen LogP contribution in [-0.4, -0.2) is 31.4 Å². The van der Waals surface area contributed by atoms with Crippen molar-refractivity contribution in [3.8, 4) is 0 Å². The quantitative estimate of drug-likeness (QED) is 0.528. The molecule has 0 aromatic rings. The van der Waals surface area contributed by atoms with Gasteiger partial charge in [0.2, 0.25) is 11.8 Å². The molecule has 0 saturated carbocycles. The molecule has 0 heterocycles. The highest BCUT2D eigenvalue weighted by molar-refractivity contribution is 5.82. The Morgan fingerprint density at radius 2 is 1.80 bits per heavy atom. The van der Waals surface area contributed by atoms with Gasteiger partial charge in [-0.2, -0.15) is 0 Å². The number of rotatable bonds is 6. The van der Waals surface area contributed by atoms with Crippen molar-refractivity contribution in [2.75, 3.05) is 19.6 Å². The Morgan fingerprint density at radius 1 is 1.27 bits per heavy atom. The van der Waals surface area contributed by atoms with Gasteiger partial charge in [0.05, 0.1) is 5.41 Å². The van der Waals surface area contributed by atoms with E-state index in [1.165, 1.54) is 6.92 Å². The van der Waals surface area contributed by atoms with Crippen LogP contribution in [0.3, 0.4) is 0 Å². The lowest BCUT2D eigenvalue weighted by molar-refractivity contribution is -0.130. The number of hydrogen-bond acceptors (Lipinski definition) is 3. The van der Waals surface area contributed by atoms with Crippen molar-refractivity contribution in [2.24, 2.45) is 11.1 Å². The topological polar surface area (TPSA) is 84.2 Å². The Kier molecular flexibility index (Phi) is 5.93. The lowest BCUT2D eigenvalue weighted by Gasteiger charge is -2.24. The third kappa shape index (κ3) is 4.78. The number of carbonyl (C=O) groups is 2. The Balaban J connectivity index is 3.87. The maximum Gasteiger partial charge on any atom is 0.227 e. The van der Waals surface area contributed by atoms with Gasteiger partial charge in [-0.3, -0.25) is 9.59 Å². The largest absolute Gasteiger partial charge is 0.355 e. The minimum atomic E-state index is -0.504. The molecule has 1 atom stereocenters. The van der Waals surface area contributed by atoms with Gasteiger partial charge in [0.25, 0.3) is 0 Å². The zero-order valence-electron chi connectivity index (χ0n) is 9.72. The summed E-state index contributed by atoms with van der Waals surface area (Å²) >= 11 is 0. The lowest BCUT2D eigenvalue weighted by atomic mass is 9.87. The van der Waals surface area contributed by atoms with Crippen LogP contribution in [0.15, 0.2) is 0 Å². The first-order valence-electron chi connectivity index (χ1n) is 5.19. The van der Waals surface area contributed by atoms with E-state index in [2.05, 4.69) is 10.6 Å². The highest BCUT2D eigenvalue weighted by Gasteiger charge is 2.28. The maximum absolute atomic E-state index is 11.7. The zero-order valence-corrected chi connectivity index (χ0v) is 9.72. The van der Waals surface area contributed by atoms with Crippen LogP contribution in [-0.2, 0) is 9.59 Å². The summed E-state index contributed by atoms with van der Waals surface area (Å²) in [7, 11) is 0. The SMILES string of the molecule is CCC(C)(CN)C(=O)NCCNC(C)=O. The van der Waals surface area contributed by atoms with Crippen LogP contribution in [0.2, 0.25) is 0 Å². The molecule has 15 heavy (non-hydrogen) atoms. The molecular weight excluding hydrogens is 194 g/mol. The van der Waals surface area contributed by atoms with Crippen LogP contribution in [0, 0.1) is 5.41 Å². The van der Waals surface area contributed by atoms with Crippen LogP contribution < -0.4 is 16.4 Å². The average Bonchev–Trinajstić information content (AvgIpc) is 2.22. The van der Waals surface area contributed by atoms with Crippen LogP contribution in [0.1, 0.15) is 27.2 Å². The first kappa shape index (κ1) is 13.9. The van der Waals surface area contributed by atoms with Gasteiger partial charge < -0.3 is 16.4 Å². The molecule has 0 aliphatic rings. The standard InChI is InChI=1S/C10H21N3O2/c1-4-10(3,7-11)9(15)13-6-5-12-8(2)14/h4-7,11H2,1-3H3,(H,12,14)(H,13,15). The van der Waals surface area contributed by atoms with Crippen LogP contribution in [0.4, 0.5) is 0 Å². The van der Waals surface area contributed by atoms with Gasteiger partial charge in [-0.15, -0.1) is 0 Å². The molecule has 0 aliphatic heterocycles. The third-order valence-corrected chi connectivity index (χ3v) is 2.56. The fourth-order valence-corrected chi connectivity index (χ4v) is 1.03. The molecule has 0 bridgehead atoms. The number of nitrogens with two attached hydrogens (primary N) is 1. The molecular formula is C10H21N3O2. The first-order chi connectivity index (χ1) is 6.96. The highest BCUT2D eigenvalue weighted by atomic mass is 16.2. The Bertz CT molecular complexity index is 225. The molecule has 0 saturated heterocycles. The van der Waals surface area contributed by atoms with E-state index in [9.17, 15) is 9.59 Å². The average molecular weight is 215 g/mol. The molecule has 88 valence electrons. The van der Waals surface area contributed by atoms with Crippen molar-refractivity contribution < 1.29 is 9.59 Å². The summed E-state index contributed by atoms with van der Waals surface area (Å²) in [6, 6.07) is 0. The Labute approximate surface area is 90.8 Å². The van der Waals surface area contributed by atoms with Crippen LogP contribution >= 0.6 is 0 Å². The van der Waals surface area contributed by atoms with Crippen LogP contribution in [0.5, 0.6) is 0 Å². The molecule has 0 aliphatic carbocycles. The van der Waals surface area contributed by atoms with E-state index in [0.29, 0.717) is 26.1 Å². The molecule has 2 amide bonds. The molecule has 1 unspecified atom stereocenters. The summed E-state index contributed by atoms with van der Waals surface area (Å²) in [5.74, 6) is -0.154. The zero-order chi connectivity index (χ0) is 11.9. The van der Waals surface area contributed by atoms with Crippen molar-refractivity contribution in [3.05, 3.63) is 0 Å². The van der Waals surface area contributed by atoms with E-state index in [0.717, 1.165) is 0 Å². The first-order valence-corrected chi connectivity index (χ1v) is 5.19. The summed E-state index contributed by atoms with van der Waals surface area (Å²) in [6.07, 6.45) is 0.704. The molecule has 0 spiro atoms. The van der Waals surface area contributed by atoms with E-state index in [-0.39, 0.29) is 11.8 Å². The second-order valence-corrected chi connectivity index (χ2v) is 3.86. The van der Waals surface area contributed by atoms with Gasteiger partial charge in [0.1, 0.15) is 0 Å². The van der Waals surface area contributed by atoms with E-state index < -0.39 is 5.41 Å². The van der Waals surface area contributed by atoms with E-state index in [1.54, 1.807) is 0 Å². The van der Waals surface area contributed by atoms with Crippen molar-refractivity contribution in [1.29, 1.82) is 0 Å². The third-order valence-electron chi connectivity index (χ3n) is 2.56. The fraction of sp³-hybridized carbons (Fsp3) is 0.800. The van der Waals surface area contributed by atoms with E-state index in [1.807, 2.05) is 13.8 Å². The predicted octanol–water partition coefficient (Wildman–Crippen LogP) is -0.386. The molecule has 0 fully saturated rings. The normalized spacial score (nSPS) is 14.1. The van der Waals surface area contributed by atoms with E-state index >= 15 is 0 Å². The Hall–Kier alpha value is -1.10. The summed E-state index contributed by atoms with van der Waals surface area (Å²) in [4.78, 5) is 22.2. The monoisotopic (exact) mass is 215 g/mol. The molecule has 5 nitrogen and oxygen atoms in total. The van der Waals surface area contributed by atoms with Gasteiger partial charge in [-0.1, -0.05) is 6.92 Å². The number of amides is 2. The van der Waals surface area contributed by atoms with Gasteiger partial charge in [-0.25, -0.2) is 0 Å². The second kappa shape index (κ2) is 6.40. The summed E-state index contributed by atoms with van der Waals surface area (Å²) in [5.41, 5.74) is 5.04. The number of hydrogen-bond donors (Lipinski definition) is 3. The predicted molar refractivity (Wildman–Crippen MR) is 59.1 cm³/mol. The molecule has 4 N–H and O–H groups in total. The lowest BCUT2D eigenvalue weighted by Crippen LogP contribution is -2.45. The summed E-state index contributed by atoms with van der Waals surface area (Å²) in [5, 5.41) is 5.35. The molecule has 0 radical (unpaired) electrons. The maximum atomic E-state index is 11.7. The van der Waals surface area contributed by atoms with Gasteiger partial charge >= 0.3 is 0 Å². The second-order valence-electron chi connectivity index (χ2n) is 3.86. The van der Waals surface area contributed by atoms with Crippen molar-refractivity contribution in [3.63, 3.8) is 0 Å². The summed E-state index contributed by atoms with van der Waals surface area (Å²) < 4.78 is 0. The van der Waals surface area contributed by atoms with Crippen molar-refractivity contribution in [2.45, 2.75) is 27.2 Å². The van der Waals surface area contributed by atoms with Gasteiger partial charge in [0.15, 0.2) is 0 Å². The smallest absolute Gasteiger partial charge is 0.227 e. The highest BCUT2D eigenvalue weighted by Crippen LogP contribution is 2.18. The number of carbonyl (C=O) groups excluding carboxylic acids is 2. The number of nitrogens with one attached hydrogen (secondary N) is 2. The van der Waals surface area contributed by atoms with E-state index in [4.69, 9.17) is 5.73 Å². The van der Waals surface area contributed by atoms with Crippen LogP contribution in [0.25, 0.3) is 0 Å². The fourth-order valence-electron chi connectivity index (χ4n) is 1.03. The van der Waals surface area contributed by atoms with Crippen molar-refractivity contribution >= 4 is 11.8 Å². The summed E-state index contributed by atoms with van der Waals surface area (Å²) in [6.45, 7) is 6.42. The van der Waals surface area contributed by atoms with Gasteiger partial charge in [0, 0.05) is 26.6 Å². The molecule has 0 aromatic carbocycles. The minimum absolute atomic E-state index is 0.0575. The molecule has 5 heteroatoms. The molecule has 0 aromatic heterocycles. The minimum Gasteiger partial charge on any atom is -0.355 e. The van der Waals surface area contributed by atoms with Crippen molar-refractivity contribution in [1.82, 2.24) is 10.6 Å². The molecule has 0 rings (SSSR count). The van der Waals surface area contributed by atoms with Gasteiger partial charge in [-0.05, 0) is 13.3 Å². The Morgan fingerprint density at radius 3 is 2.20 bits per heavy atom.